The molecule has 2 N–H and O–H groups in total. The molecule has 7 aromatic rings. The molecule has 0 spiro atoms. The molecule has 110 heavy (non-hydrogen) atoms. The second-order valence-corrected chi connectivity index (χ2v) is 32.4. The molecule has 0 aromatic heterocycles. The summed E-state index contributed by atoms with van der Waals surface area (Å²) in [5.74, 6) is 2.47. The molecule has 6 amide bonds. The number of unbranched alkanes of at least 4 members (excludes halogenated alkanes) is 20. The average Bonchev–Trinajstić information content (AvgIpc) is 0.690. The first kappa shape index (κ1) is 85.9. The molecular formula is C94H132N4O12. The third-order valence-electron chi connectivity index (χ3n) is 22.3. The highest BCUT2D eigenvalue weighted by Gasteiger charge is 2.38. The first-order chi connectivity index (χ1) is 53.5. The Morgan fingerprint density at radius 2 is 0.591 bits per heavy atom. The maximum absolute atomic E-state index is 14.8. The van der Waals surface area contributed by atoms with Crippen LogP contribution in [0.15, 0.2) is 72.8 Å². The van der Waals surface area contributed by atoms with Crippen LogP contribution in [0.3, 0.4) is 0 Å². The van der Waals surface area contributed by atoms with E-state index in [0.29, 0.717) is 142 Å². The standard InChI is InChI=1S/C94H132N4O12/c1-11-15-19-23-27-31-55-105-79-61-69(62-80(106-56-32-28-24-20-16-12-2)87(79)109-59-49-67(9)39-35-37-65(5)6)89(99)95-51-53-97-91(101)75-45-41-71-73-43-47-77-86-78(48-44-74(84(73)86)72-42-46-76(92(97)102)85(75)83(71)72)94(104)98(93(77)103)54-52-96-90(100)70-63-81(107-57-33-29-25-21-17-13-3)88(110-60-50-68(10)40-36-38-66(7)8)82(64-70)108-58-34-30-26-22-18-14-4/h41-48,61-68H,11-40,49-60H2,1-10H3,(H,95,99)(H,96,100)/t67-,68-/m0/s1. The van der Waals surface area contributed by atoms with Crippen molar-refractivity contribution in [2.24, 2.45) is 23.7 Å². The predicted molar refractivity (Wildman–Crippen MR) is 447 cm³/mol. The van der Waals surface area contributed by atoms with Gasteiger partial charge in [0.2, 0.25) is 11.5 Å². The molecule has 0 fully saturated rings. The highest BCUT2D eigenvalue weighted by atomic mass is 16.5. The van der Waals surface area contributed by atoms with Gasteiger partial charge in [0.05, 0.1) is 39.6 Å². The summed E-state index contributed by atoms with van der Waals surface area (Å²) in [6.07, 6.45) is 35.1. The zero-order valence-electron chi connectivity index (χ0n) is 68.7. The largest absolute Gasteiger partial charge is 0.490 e. The highest BCUT2D eigenvalue weighted by Crippen LogP contribution is 2.47. The zero-order valence-corrected chi connectivity index (χ0v) is 68.7. The maximum Gasteiger partial charge on any atom is 0.261 e. The molecule has 0 saturated carbocycles. The van der Waals surface area contributed by atoms with Gasteiger partial charge in [0.1, 0.15) is 0 Å². The van der Waals surface area contributed by atoms with Gasteiger partial charge in [-0.05, 0) is 143 Å². The molecule has 0 saturated heterocycles. The number of carbonyl (C=O) groups is 6. The van der Waals surface area contributed by atoms with Crippen LogP contribution in [0, 0.1) is 23.7 Å². The summed E-state index contributed by atoms with van der Waals surface area (Å²) in [4.78, 5) is 90.4. The molecule has 2 aliphatic rings. The predicted octanol–water partition coefficient (Wildman–Crippen LogP) is 23.2. The van der Waals surface area contributed by atoms with Crippen LogP contribution in [0.25, 0.3) is 43.1 Å². The summed E-state index contributed by atoms with van der Waals surface area (Å²) in [7, 11) is 0. The lowest BCUT2D eigenvalue weighted by Crippen LogP contribution is -2.44. The second kappa shape index (κ2) is 44.8. The van der Waals surface area contributed by atoms with E-state index < -0.39 is 35.4 Å². The third-order valence-corrected chi connectivity index (χ3v) is 22.3. The van der Waals surface area contributed by atoms with Gasteiger partial charge in [0.15, 0.2) is 23.0 Å². The van der Waals surface area contributed by atoms with Gasteiger partial charge in [-0.25, -0.2) is 0 Å². The molecule has 2 atom stereocenters. The lowest BCUT2D eigenvalue weighted by atomic mass is 9.82. The van der Waals surface area contributed by atoms with Crippen LogP contribution >= 0.6 is 0 Å². The molecule has 0 aliphatic carbocycles. The Bertz CT molecular complexity index is 3660. The number of nitrogens with one attached hydrogen (secondary N) is 2. The molecule has 9 rings (SSSR count). The fourth-order valence-corrected chi connectivity index (χ4v) is 15.7. The number of carbonyl (C=O) groups excluding carboxylic acids is 6. The van der Waals surface area contributed by atoms with Crippen molar-refractivity contribution in [1.82, 2.24) is 20.4 Å². The molecule has 0 unspecified atom stereocenters. The Morgan fingerprint density at radius 1 is 0.318 bits per heavy atom. The summed E-state index contributed by atoms with van der Waals surface area (Å²) < 4.78 is 39.4. The van der Waals surface area contributed by atoms with Gasteiger partial charge < -0.3 is 39.1 Å². The molecule has 0 radical (unpaired) electrons. The molecule has 16 nitrogen and oxygen atoms in total. The van der Waals surface area contributed by atoms with Crippen LogP contribution in [0.2, 0.25) is 0 Å². The van der Waals surface area contributed by atoms with Crippen LogP contribution in [0.1, 0.15) is 337 Å². The Balaban J connectivity index is 0.902. The van der Waals surface area contributed by atoms with E-state index >= 15 is 0 Å². The van der Waals surface area contributed by atoms with E-state index in [1.54, 1.807) is 48.5 Å². The molecule has 2 aliphatic heterocycles. The third kappa shape index (κ3) is 23.5. The molecule has 2 heterocycles. The number of fused-ring (bicyclic) bond motifs is 2. The van der Waals surface area contributed by atoms with Crippen molar-refractivity contribution in [3.05, 3.63) is 106 Å². The average molecular weight is 1510 g/mol. The summed E-state index contributed by atoms with van der Waals surface area (Å²) >= 11 is 0. The van der Waals surface area contributed by atoms with Gasteiger partial charge in [0.25, 0.3) is 35.4 Å². The van der Waals surface area contributed by atoms with E-state index in [9.17, 15) is 28.8 Å². The number of hydrogen-bond acceptors (Lipinski definition) is 12. The Morgan fingerprint density at radius 3 is 0.864 bits per heavy atom. The van der Waals surface area contributed by atoms with Gasteiger partial charge in [-0.2, -0.15) is 0 Å². The molecule has 0 bridgehead atoms. The van der Waals surface area contributed by atoms with E-state index in [-0.39, 0.29) is 26.2 Å². The minimum Gasteiger partial charge on any atom is -0.490 e. The lowest BCUT2D eigenvalue weighted by molar-refractivity contribution is 0.0594. The van der Waals surface area contributed by atoms with Gasteiger partial charge in [-0.15, -0.1) is 0 Å². The second-order valence-electron chi connectivity index (χ2n) is 32.4. The molecule has 16 heteroatoms. The van der Waals surface area contributed by atoms with Gasteiger partial charge in [-0.3, -0.25) is 38.6 Å². The minimum atomic E-state index is -0.475. The van der Waals surface area contributed by atoms with E-state index in [0.717, 1.165) is 135 Å². The zero-order chi connectivity index (χ0) is 78.3. The Kier molecular flexibility index (Phi) is 35.0. The Labute approximate surface area is 657 Å². The summed E-state index contributed by atoms with van der Waals surface area (Å²) in [6, 6.07) is 21.5. The molecule has 7 aromatic carbocycles. The summed E-state index contributed by atoms with van der Waals surface area (Å²) in [5.41, 5.74) is 2.09. The van der Waals surface area contributed by atoms with E-state index in [2.05, 4.69) is 79.9 Å². The first-order valence-electron chi connectivity index (χ1n) is 43.1. The van der Waals surface area contributed by atoms with Crippen LogP contribution in [0.4, 0.5) is 0 Å². The number of imide groups is 2. The minimum absolute atomic E-state index is 0.0152. The number of benzene rings is 7. The smallest absolute Gasteiger partial charge is 0.261 e. The fraction of sp³-hybridized carbons (Fsp3) is 0.596. The van der Waals surface area contributed by atoms with Gasteiger partial charge >= 0.3 is 0 Å². The van der Waals surface area contributed by atoms with E-state index in [1.165, 1.54) is 113 Å². The fourth-order valence-electron chi connectivity index (χ4n) is 15.7. The highest BCUT2D eigenvalue weighted by molar-refractivity contribution is 6.41. The number of hydrogen-bond donors (Lipinski definition) is 2. The maximum atomic E-state index is 14.8. The first-order valence-corrected chi connectivity index (χ1v) is 43.1. The number of amides is 6. The normalized spacial score (nSPS) is 13.5. The topological polar surface area (TPSA) is 188 Å². The van der Waals surface area contributed by atoms with Crippen LogP contribution in [-0.2, 0) is 0 Å². The van der Waals surface area contributed by atoms with E-state index in [1.807, 2.05) is 24.3 Å². The quantitative estimate of drug-likeness (QED) is 0.0159. The van der Waals surface area contributed by atoms with Crippen LogP contribution in [0.5, 0.6) is 34.5 Å². The van der Waals surface area contributed by atoms with Crippen LogP contribution < -0.4 is 39.1 Å². The number of rotatable bonds is 56. The van der Waals surface area contributed by atoms with Crippen molar-refractivity contribution in [3.63, 3.8) is 0 Å². The van der Waals surface area contributed by atoms with Crippen molar-refractivity contribution in [3.8, 4) is 34.5 Å². The summed E-state index contributed by atoms with van der Waals surface area (Å²) in [6.45, 7) is 25.1. The van der Waals surface area contributed by atoms with E-state index in [4.69, 9.17) is 28.4 Å². The number of nitrogens with zero attached hydrogens (tertiary/aromatic N) is 2. The van der Waals surface area contributed by atoms with Crippen molar-refractivity contribution < 1.29 is 57.2 Å². The van der Waals surface area contributed by atoms with Crippen LogP contribution in [-0.4, -0.2) is 111 Å². The monoisotopic (exact) mass is 1510 g/mol. The molecular weight excluding hydrogens is 1380 g/mol. The van der Waals surface area contributed by atoms with Crippen molar-refractivity contribution in [1.29, 1.82) is 0 Å². The van der Waals surface area contributed by atoms with Gasteiger partial charge in [-0.1, -0.05) is 260 Å². The number of ether oxygens (including phenoxy) is 6. The summed E-state index contributed by atoms with van der Waals surface area (Å²) in [5, 5.41) is 11.6. The molecule has 600 valence electrons. The van der Waals surface area contributed by atoms with Crippen molar-refractivity contribution in [2.45, 2.75) is 275 Å². The van der Waals surface area contributed by atoms with Crippen molar-refractivity contribution >= 4 is 78.5 Å². The van der Waals surface area contributed by atoms with Gasteiger partial charge in [0, 0.05) is 70.3 Å². The van der Waals surface area contributed by atoms with Crippen molar-refractivity contribution in [2.75, 3.05) is 65.8 Å². The Hall–Kier alpha value is -8.14. The lowest BCUT2D eigenvalue weighted by Gasteiger charge is -2.30. The SMILES string of the molecule is CCCCCCCCOc1cc(C(=O)NCCN2C(=O)c3ccc4c5ccc6c7c(ccc(c8ccc(c3c48)C2=O)c75)C(=O)N(CCNC(=O)c2cc(OCCCCCCCC)c(OCC[C@@H](C)CCCC(C)C)c(OCCCCCCCC)c2)C6=O)cc(OCCCCCCCC)c1OCC[C@@H](C)CCCC(C)C.